The number of hydrogen-bond acceptors (Lipinski definition) is 7. The Morgan fingerprint density at radius 1 is 1.24 bits per heavy atom. The predicted octanol–water partition coefficient (Wildman–Crippen LogP) is 3.49. The average Bonchev–Trinajstić information content (AvgIpc) is 3.07. The Morgan fingerprint density at radius 3 is 2.82 bits per heavy atom. The number of nitrogen functional groups attached to an aromatic ring is 1. The number of aryl methyl sites for hydroxylation is 1. The standard InChI is InChI=1S/C23H21FN6O2S2/c1-10-18(20(25)31)29-9-15(33-23(29)27-10)8-14-6-12-7-16(12)30(14)21(32)17-19(34-22(26)28-17)11-3-2-4-13(24)5-11/h2-5,9,12,14,16H,6-8H2,1H3,(H2,25,31)(H2,26,28)/t12-,14+,16+/m1/s1. The quantitative estimate of drug-likeness (QED) is 0.438. The molecular formula is C23H21FN6O2S2. The second-order valence-electron chi connectivity index (χ2n) is 8.87. The van der Waals surface area contributed by atoms with Crippen molar-refractivity contribution in [1.29, 1.82) is 0 Å². The van der Waals surface area contributed by atoms with Crippen LogP contribution in [0, 0.1) is 18.7 Å². The molecule has 11 heteroatoms. The number of primary amides is 1. The van der Waals surface area contributed by atoms with Crippen LogP contribution in [0.4, 0.5) is 9.52 Å². The highest BCUT2D eigenvalue weighted by atomic mass is 32.1. The van der Waals surface area contributed by atoms with Crippen LogP contribution in [0.1, 0.15) is 44.4 Å². The van der Waals surface area contributed by atoms with E-state index in [0.29, 0.717) is 39.1 Å². The van der Waals surface area contributed by atoms with Crippen LogP contribution in [-0.4, -0.2) is 43.2 Å². The first-order valence-corrected chi connectivity index (χ1v) is 12.6. The molecule has 1 aliphatic carbocycles. The van der Waals surface area contributed by atoms with Gasteiger partial charge in [0.1, 0.15) is 17.2 Å². The Morgan fingerprint density at radius 2 is 2.06 bits per heavy atom. The topological polar surface area (TPSA) is 120 Å². The molecule has 8 nitrogen and oxygen atoms in total. The summed E-state index contributed by atoms with van der Waals surface area (Å²) in [6.07, 6.45) is 4.44. The molecule has 174 valence electrons. The van der Waals surface area contributed by atoms with E-state index in [1.54, 1.807) is 23.5 Å². The van der Waals surface area contributed by atoms with Crippen LogP contribution in [0.5, 0.6) is 0 Å². The Kier molecular flexibility index (Phi) is 4.75. The predicted molar refractivity (Wildman–Crippen MR) is 128 cm³/mol. The molecule has 1 aliphatic heterocycles. The highest BCUT2D eigenvalue weighted by Crippen LogP contribution is 2.50. The van der Waals surface area contributed by atoms with Gasteiger partial charge in [0.2, 0.25) is 0 Å². The van der Waals surface area contributed by atoms with Gasteiger partial charge in [-0.15, -0.1) is 11.3 Å². The molecule has 0 radical (unpaired) electrons. The third-order valence-corrected chi connectivity index (χ3v) is 8.54. The first kappa shape index (κ1) is 21.2. The fraction of sp³-hybridized carbons (Fsp3) is 0.304. The second-order valence-corrected chi connectivity index (χ2v) is 11.0. The Labute approximate surface area is 202 Å². The zero-order valence-corrected chi connectivity index (χ0v) is 19.8. The summed E-state index contributed by atoms with van der Waals surface area (Å²) in [7, 11) is 0. The molecule has 2 aliphatic rings. The van der Waals surface area contributed by atoms with Crippen LogP contribution in [0.15, 0.2) is 30.5 Å². The summed E-state index contributed by atoms with van der Waals surface area (Å²) < 4.78 is 15.6. The van der Waals surface area contributed by atoms with Gasteiger partial charge in [0.15, 0.2) is 10.1 Å². The van der Waals surface area contributed by atoms with Gasteiger partial charge >= 0.3 is 0 Å². The van der Waals surface area contributed by atoms with E-state index in [-0.39, 0.29) is 34.6 Å². The number of amides is 2. The number of thiazole rings is 2. The summed E-state index contributed by atoms with van der Waals surface area (Å²) >= 11 is 2.69. The molecular weight excluding hydrogens is 475 g/mol. The second kappa shape index (κ2) is 7.60. The highest BCUT2D eigenvalue weighted by Gasteiger charge is 2.54. The van der Waals surface area contributed by atoms with Crippen molar-refractivity contribution < 1.29 is 14.0 Å². The number of hydrogen-bond donors (Lipinski definition) is 2. The minimum atomic E-state index is -0.515. The summed E-state index contributed by atoms with van der Waals surface area (Å²) in [5.74, 6) is -0.580. The zero-order valence-electron chi connectivity index (χ0n) is 18.2. The minimum absolute atomic E-state index is 0.000940. The highest BCUT2D eigenvalue weighted by molar-refractivity contribution is 7.19. The maximum Gasteiger partial charge on any atom is 0.274 e. The Bertz CT molecular complexity index is 1470. The number of nitrogens with two attached hydrogens (primary N) is 2. The number of aromatic nitrogens is 3. The van der Waals surface area contributed by atoms with Gasteiger partial charge in [0.05, 0.1) is 10.6 Å². The maximum atomic E-state index is 13.9. The smallest absolute Gasteiger partial charge is 0.274 e. The number of carbonyl (C=O) groups excluding carboxylic acids is 2. The zero-order chi connectivity index (χ0) is 23.7. The van der Waals surface area contributed by atoms with Crippen molar-refractivity contribution in [1.82, 2.24) is 19.3 Å². The number of imidazole rings is 1. The molecule has 1 saturated carbocycles. The molecule has 3 atom stereocenters. The summed E-state index contributed by atoms with van der Waals surface area (Å²) in [4.78, 5) is 38.6. The molecule has 1 aromatic carbocycles. The third kappa shape index (κ3) is 3.38. The molecule has 0 bridgehead atoms. The Hall–Kier alpha value is -3.31. The van der Waals surface area contributed by atoms with Crippen LogP contribution in [0.2, 0.25) is 0 Å². The van der Waals surface area contributed by atoms with Gasteiger partial charge in [-0.3, -0.25) is 14.0 Å². The number of likely N-dealkylation sites (tertiary alicyclic amines) is 1. The van der Waals surface area contributed by atoms with Crippen LogP contribution in [0.3, 0.4) is 0 Å². The molecule has 0 spiro atoms. The number of fused-ring (bicyclic) bond motifs is 2. The van der Waals surface area contributed by atoms with Crippen molar-refractivity contribution in [3.05, 3.63) is 58.2 Å². The average molecular weight is 497 g/mol. The first-order chi connectivity index (χ1) is 16.3. The molecule has 2 fully saturated rings. The van der Waals surface area contributed by atoms with Crippen LogP contribution < -0.4 is 11.5 Å². The lowest BCUT2D eigenvalue weighted by Crippen LogP contribution is -2.40. The molecule has 4 heterocycles. The van der Waals surface area contributed by atoms with E-state index in [1.807, 2.05) is 11.1 Å². The van der Waals surface area contributed by atoms with E-state index >= 15 is 0 Å². The van der Waals surface area contributed by atoms with Gasteiger partial charge in [-0.25, -0.2) is 14.4 Å². The van der Waals surface area contributed by atoms with E-state index in [2.05, 4.69) is 9.97 Å². The van der Waals surface area contributed by atoms with Gasteiger partial charge in [0, 0.05) is 29.6 Å². The minimum Gasteiger partial charge on any atom is -0.375 e. The van der Waals surface area contributed by atoms with Crippen LogP contribution in [-0.2, 0) is 6.42 Å². The third-order valence-electron chi connectivity index (χ3n) is 6.60. The van der Waals surface area contributed by atoms with E-state index in [1.165, 1.54) is 34.8 Å². The van der Waals surface area contributed by atoms with Crippen LogP contribution in [0.25, 0.3) is 15.4 Å². The van der Waals surface area contributed by atoms with Crippen molar-refractivity contribution in [3.8, 4) is 10.4 Å². The number of halogens is 1. The van der Waals surface area contributed by atoms with Crippen molar-refractivity contribution >= 4 is 44.6 Å². The molecule has 4 aromatic rings. The lowest BCUT2D eigenvalue weighted by Gasteiger charge is -2.27. The first-order valence-electron chi connectivity index (χ1n) is 10.9. The van der Waals surface area contributed by atoms with E-state index in [0.717, 1.165) is 17.7 Å². The fourth-order valence-electron chi connectivity index (χ4n) is 5.11. The largest absolute Gasteiger partial charge is 0.375 e. The van der Waals surface area contributed by atoms with Gasteiger partial charge in [0.25, 0.3) is 11.8 Å². The number of rotatable bonds is 5. The van der Waals surface area contributed by atoms with Gasteiger partial charge in [-0.1, -0.05) is 23.5 Å². The maximum absolute atomic E-state index is 13.9. The van der Waals surface area contributed by atoms with Crippen LogP contribution >= 0.6 is 22.7 Å². The molecule has 4 N–H and O–H groups in total. The number of nitrogens with zero attached hydrogens (tertiary/aromatic N) is 4. The molecule has 6 rings (SSSR count). The van der Waals surface area contributed by atoms with Gasteiger partial charge < -0.3 is 16.4 Å². The van der Waals surface area contributed by atoms with E-state index in [9.17, 15) is 14.0 Å². The lowest BCUT2D eigenvalue weighted by molar-refractivity contribution is 0.0696. The normalized spacial score (nSPS) is 21.2. The summed E-state index contributed by atoms with van der Waals surface area (Å²) in [5.41, 5.74) is 13.4. The van der Waals surface area contributed by atoms with Crippen molar-refractivity contribution in [3.63, 3.8) is 0 Å². The lowest BCUT2D eigenvalue weighted by atomic mass is 10.1. The van der Waals surface area contributed by atoms with E-state index < -0.39 is 5.91 Å². The number of carbonyl (C=O) groups is 2. The number of piperidine rings is 1. The fourth-order valence-corrected chi connectivity index (χ4v) is 7.02. The molecule has 0 unspecified atom stereocenters. The molecule has 3 aromatic heterocycles. The van der Waals surface area contributed by atoms with Crippen molar-refractivity contribution in [2.24, 2.45) is 11.7 Å². The SMILES string of the molecule is Cc1nc2sc(C[C@@H]3C[C@@H]4C[C@@H]4N3C(=O)c3nc(N)sc3-c3cccc(F)c3)cn2c1C(N)=O. The van der Waals surface area contributed by atoms with Crippen molar-refractivity contribution in [2.75, 3.05) is 5.73 Å². The molecule has 2 amide bonds. The van der Waals surface area contributed by atoms with E-state index in [4.69, 9.17) is 11.5 Å². The van der Waals surface area contributed by atoms with Gasteiger partial charge in [-0.2, -0.15) is 0 Å². The Balaban J connectivity index is 1.31. The summed E-state index contributed by atoms with van der Waals surface area (Å²) in [6.45, 7) is 1.76. The summed E-state index contributed by atoms with van der Waals surface area (Å²) in [5, 5.41) is 0.277. The molecule has 1 saturated heterocycles. The molecule has 34 heavy (non-hydrogen) atoms. The van der Waals surface area contributed by atoms with Gasteiger partial charge in [-0.05, 0) is 43.4 Å². The number of anilines is 1. The summed E-state index contributed by atoms with van der Waals surface area (Å²) in [6, 6.07) is 6.32. The van der Waals surface area contributed by atoms with Crippen molar-refractivity contribution in [2.45, 2.75) is 38.3 Å². The monoisotopic (exact) mass is 496 g/mol. The number of benzene rings is 1.